The Morgan fingerprint density at radius 3 is 2.24 bits per heavy atom. The number of amides is 2. The predicted molar refractivity (Wildman–Crippen MR) is 73.5 cm³/mol. The number of hydrogen-bond acceptors (Lipinski definition) is 3. The van der Waals surface area contributed by atoms with E-state index in [-0.39, 0.29) is 19.6 Å². The fraction of sp³-hybridized carbons (Fsp3) is 0.308. The molecule has 1 aromatic rings. The molecule has 1 aliphatic rings. The number of nitrogens with zero attached hydrogens (tertiary/aromatic N) is 2. The Balaban J connectivity index is 2.21. The molecule has 0 spiro atoms. The summed E-state index contributed by atoms with van der Waals surface area (Å²) in [6.07, 6.45) is -1.19. The van der Waals surface area contributed by atoms with Crippen LogP contribution in [-0.4, -0.2) is 63.7 Å². The van der Waals surface area contributed by atoms with Gasteiger partial charge >= 0.3 is 12.1 Å². The number of carbonyl (C=O) groups excluding carboxylic acids is 1. The monoisotopic (exact) mass is 312 g/mol. The third-order valence-corrected chi connectivity index (χ3v) is 3.54. The largest absolute Gasteiger partial charge is 0.480 e. The van der Waals surface area contributed by atoms with Gasteiger partial charge in [-0.15, -0.1) is 0 Å². The van der Waals surface area contributed by atoms with Crippen LogP contribution in [0.15, 0.2) is 24.3 Å². The maximum atomic E-state index is 12.4. The van der Waals surface area contributed by atoms with Gasteiger partial charge < -0.3 is 20.0 Å². The molecular formula is C13H13ClN2O5. The van der Waals surface area contributed by atoms with Crippen molar-refractivity contribution in [1.29, 1.82) is 0 Å². The van der Waals surface area contributed by atoms with E-state index in [9.17, 15) is 19.5 Å². The third-order valence-electron chi connectivity index (χ3n) is 3.29. The van der Waals surface area contributed by atoms with Crippen molar-refractivity contribution in [2.24, 2.45) is 0 Å². The fourth-order valence-corrected chi connectivity index (χ4v) is 2.30. The minimum Gasteiger partial charge on any atom is -0.480 e. The summed E-state index contributed by atoms with van der Waals surface area (Å²) in [6.45, 7) is -0.132. The van der Waals surface area contributed by atoms with Crippen LogP contribution in [-0.2, 0) is 4.79 Å². The number of carboxylic acid groups (broad SMARTS) is 2. The predicted octanol–water partition coefficient (Wildman–Crippen LogP) is 1.23. The molecule has 1 atom stereocenters. The van der Waals surface area contributed by atoms with Crippen LogP contribution in [0.25, 0.3) is 0 Å². The molecule has 7 nitrogen and oxygen atoms in total. The van der Waals surface area contributed by atoms with Gasteiger partial charge in [0.25, 0.3) is 5.91 Å². The van der Waals surface area contributed by atoms with Crippen molar-refractivity contribution >= 4 is 29.6 Å². The number of benzene rings is 1. The topological polar surface area (TPSA) is 98.2 Å². The van der Waals surface area contributed by atoms with E-state index in [2.05, 4.69) is 0 Å². The highest BCUT2D eigenvalue weighted by Gasteiger charge is 2.37. The van der Waals surface area contributed by atoms with E-state index in [1.165, 1.54) is 29.2 Å². The Bertz CT molecular complexity index is 574. The van der Waals surface area contributed by atoms with Crippen LogP contribution >= 0.6 is 11.6 Å². The lowest BCUT2D eigenvalue weighted by molar-refractivity contribution is -0.144. The molecule has 1 heterocycles. The van der Waals surface area contributed by atoms with Gasteiger partial charge in [0, 0.05) is 23.7 Å². The second-order valence-electron chi connectivity index (χ2n) is 4.59. The summed E-state index contributed by atoms with van der Waals surface area (Å²) in [6, 6.07) is 4.90. The molecular weight excluding hydrogens is 300 g/mol. The van der Waals surface area contributed by atoms with Crippen LogP contribution in [0, 0.1) is 0 Å². The van der Waals surface area contributed by atoms with E-state index in [1.54, 1.807) is 0 Å². The molecule has 0 aliphatic carbocycles. The second-order valence-corrected chi connectivity index (χ2v) is 5.02. The summed E-state index contributed by atoms with van der Waals surface area (Å²) in [5.74, 6) is -1.69. The maximum absolute atomic E-state index is 12.4. The SMILES string of the molecule is O=C(O)C1CN(C(=O)O)CCN1C(=O)c1ccc(Cl)cc1. The zero-order chi connectivity index (χ0) is 15.6. The standard InChI is InChI=1S/C13H13ClN2O5/c14-9-3-1-8(2-4-9)11(17)16-6-5-15(13(20)21)7-10(16)12(18)19/h1-4,10H,5-7H2,(H,18,19)(H,20,21). The zero-order valence-electron chi connectivity index (χ0n) is 10.9. The van der Waals surface area contributed by atoms with Crippen LogP contribution in [0.2, 0.25) is 5.02 Å². The van der Waals surface area contributed by atoms with E-state index >= 15 is 0 Å². The molecule has 1 saturated heterocycles. The lowest BCUT2D eigenvalue weighted by Gasteiger charge is -2.38. The van der Waals surface area contributed by atoms with Crippen molar-refractivity contribution in [3.05, 3.63) is 34.9 Å². The van der Waals surface area contributed by atoms with Crippen LogP contribution in [0.3, 0.4) is 0 Å². The summed E-state index contributed by atoms with van der Waals surface area (Å²) < 4.78 is 0. The van der Waals surface area contributed by atoms with Crippen molar-refractivity contribution in [2.75, 3.05) is 19.6 Å². The number of carboxylic acids is 1. The van der Waals surface area contributed by atoms with Gasteiger partial charge in [0.05, 0.1) is 6.54 Å². The van der Waals surface area contributed by atoms with Crippen molar-refractivity contribution in [3.63, 3.8) is 0 Å². The Morgan fingerprint density at radius 2 is 1.71 bits per heavy atom. The van der Waals surface area contributed by atoms with Crippen molar-refractivity contribution in [3.8, 4) is 0 Å². The Hall–Kier alpha value is -2.28. The first-order valence-corrected chi connectivity index (χ1v) is 6.55. The first-order valence-electron chi connectivity index (χ1n) is 6.17. The minimum atomic E-state index is -1.23. The number of hydrogen-bond donors (Lipinski definition) is 2. The molecule has 1 aromatic carbocycles. The summed E-state index contributed by atoms with van der Waals surface area (Å²) >= 11 is 5.74. The van der Waals surface area contributed by atoms with Gasteiger partial charge in [-0.2, -0.15) is 0 Å². The molecule has 1 fully saturated rings. The van der Waals surface area contributed by atoms with Crippen molar-refractivity contribution in [2.45, 2.75) is 6.04 Å². The molecule has 2 amide bonds. The lowest BCUT2D eigenvalue weighted by atomic mass is 10.1. The zero-order valence-corrected chi connectivity index (χ0v) is 11.7. The van der Waals surface area contributed by atoms with Gasteiger partial charge in [-0.1, -0.05) is 11.6 Å². The second kappa shape index (κ2) is 6.01. The average molecular weight is 313 g/mol. The van der Waals surface area contributed by atoms with Gasteiger partial charge in [-0.25, -0.2) is 9.59 Å². The van der Waals surface area contributed by atoms with Crippen molar-refractivity contribution in [1.82, 2.24) is 9.80 Å². The van der Waals surface area contributed by atoms with Gasteiger partial charge in [-0.05, 0) is 24.3 Å². The molecule has 2 rings (SSSR count). The molecule has 0 saturated carbocycles. The van der Waals surface area contributed by atoms with E-state index < -0.39 is 24.0 Å². The smallest absolute Gasteiger partial charge is 0.407 e. The third kappa shape index (κ3) is 3.25. The van der Waals surface area contributed by atoms with Crippen LogP contribution in [0.5, 0.6) is 0 Å². The minimum absolute atomic E-state index is 0.0325. The molecule has 0 radical (unpaired) electrons. The number of halogens is 1. The van der Waals surface area contributed by atoms with Gasteiger partial charge in [0.15, 0.2) is 0 Å². The van der Waals surface area contributed by atoms with Gasteiger partial charge in [-0.3, -0.25) is 4.79 Å². The molecule has 112 valence electrons. The van der Waals surface area contributed by atoms with Gasteiger partial charge in [0.1, 0.15) is 6.04 Å². The number of aliphatic carboxylic acids is 1. The van der Waals surface area contributed by atoms with E-state index in [0.29, 0.717) is 10.6 Å². The molecule has 1 unspecified atom stereocenters. The fourth-order valence-electron chi connectivity index (χ4n) is 2.17. The highest BCUT2D eigenvalue weighted by molar-refractivity contribution is 6.30. The molecule has 2 N–H and O–H groups in total. The molecule has 1 aliphatic heterocycles. The van der Waals surface area contributed by atoms with E-state index in [4.69, 9.17) is 16.7 Å². The highest BCUT2D eigenvalue weighted by Crippen LogP contribution is 2.17. The van der Waals surface area contributed by atoms with E-state index in [0.717, 1.165) is 4.90 Å². The number of rotatable bonds is 2. The quantitative estimate of drug-likeness (QED) is 0.856. The van der Waals surface area contributed by atoms with Crippen LogP contribution in [0.4, 0.5) is 4.79 Å². The first-order chi connectivity index (χ1) is 9.90. The van der Waals surface area contributed by atoms with Crippen LogP contribution < -0.4 is 0 Å². The summed E-state index contributed by atoms with van der Waals surface area (Å²) in [4.78, 5) is 36.7. The average Bonchev–Trinajstić information content (AvgIpc) is 2.46. The number of piperazine rings is 1. The molecule has 21 heavy (non-hydrogen) atoms. The van der Waals surface area contributed by atoms with Crippen LogP contribution in [0.1, 0.15) is 10.4 Å². The summed E-state index contributed by atoms with van der Waals surface area (Å²) in [7, 11) is 0. The highest BCUT2D eigenvalue weighted by atomic mass is 35.5. The van der Waals surface area contributed by atoms with Crippen molar-refractivity contribution < 1.29 is 24.6 Å². The van der Waals surface area contributed by atoms with E-state index in [1.807, 2.05) is 0 Å². The normalized spacial score (nSPS) is 18.4. The maximum Gasteiger partial charge on any atom is 0.407 e. The number of carbonyl (C=O) groups is 3. The Morgan fingerprint density at radius 1 is 1.10 bits per heavy atom. The first kappa shape index (κ1) is 15.1. The Labute approximate surface area is 125 Å². The Kier molecular flexibility index (Phi) is 4.32. The summed E-state index contributed by atoms with van der Waals surface area (Å²) in [5, 5.41) is 18.6. The summed E-state index contributed by atoms with van der Waals surface area (Å²) in [5.41, 5.74) is 0.314. The molecule has 8 heteroatoms. The lowest BCUT2D eigenvalue weighted by Crippen LogP contribution is -2.59. The molecule has 0 aromatic heterocycles. The molecule has 0 bridgehead atoms. The van der Waals surface area contributed by atoms with Gasteiger partial charge in [0.2, 0.25) is 0 Å².